The Balaban J connectivity index is 1.42. The number of pyridine rings is 1. The lowest BCUT2D eigenvalue weighted by molar-refractivity contribution is 0.395. The quantitative estimate of drug-likeness (QED) is 0.430. The molecule has 0 fully saturated rings. The molecule has 1 aromatic carbocycles. The van der Waals surface area contributed by atoms with Gasteiger partial charge < -0.3 is 9.30 Å². The van der Waals surface area contributed by atoms with Crippen LogP contribution in [-0.4, -0.2) is 36.4 Å². The SMILES string of the molecule is COc1nc(/C=C/c2nc3n(n2)CCCC3c2ccccc2CF)ccc1-n1cnc(C)c1. The highest BCUT2D eigenvalue weighted by molar-refractivity contribution is 5.65. The third-order valence-electron chi connectivity index (χ3n) is 5.91. The fourth-order valence-electron chi connectivity index (χ4n) is 4.33. The molecule has 1 unspecified atom stereocenters. The summed E-state index contributed by atoms with van der Waals surface area (Å²) in [7, 11) is 1.60. The van der Waals surface area contributed by atoms with Crippen molar-refractivity contribution in [2.45, 2.75) is 38.9 Å². The average Bonchev–Trinajstić information content (AvgIpc) is 3.48. The van der Waals surface area contributed by atoms with Crippen LogP contribution in [0, 0.1) is 6.92 Å². The van der Waals surface area contributed by atoms with E-state index in [1.165, 1.54) is 0 Å². The molecule has 0 bridgehead atoms. The normalized spacial score (nSPS) is 15.7. The molecule has 0 amide bonds. The molecule has 0 saturated carbocycles. The van der Waals surface area contributed by atoms with Crippen LogP contribution in [0.25, 0.3) is 17.8 Å². The maximum atomic E-state index is 13.6. The lowest BCUT2D eigenvalue weighted by atomic mass is 9.88. The molecule has 33 heavy (non-hydrogen) atoms. The number of hydrogen-bond donors (Lipinski definition) is 0. The van der Waals surface area contributed by atoms with E-state index in [2.05, 4.69) is 15.1 Å². The zero-order valence-electron chi connectivity index (χ0n) is 18.6. The molecule has 5 rings (SSSR count). The molecule has 0 N–H and O–H groups in total. The molecule has 0 spiro atoms. The van der Waals surface area contributed by atoms with Crippen molar-refractivity contribution in [3.8, 4) is 11.6 Å². The van der Waals surface area contributed by atoms with E-state index in [4.69, 9.17) is 9.72 Å². The Kier molecular flexibility index (Phi) is 5.73. The highest BCUT2D eigenvalue weighted by atomic mass is 19.1. The van der Waals surface area contributed by atoms with Gasteiger partial charge in [0.2, 0.25) is 5.88 Å². The number of ether oxygens (including phenoxy) is 1. The molecule has 0 aliphatic carbocycles. The topological polar surface area (TPSA) is 70.7 Å². The first-order valence-electron chi connectivity index (χ1n) is 11.0. The number of nitrogens with zero attached hydrogens (tertiary/aromatic N) is 6. The van der Waals surface area contributed by atoms with Crippen molar-refractivity contribution in [2.24, 2.45) is 0 Å². The third-order valence-corrected chi connectivity index (χ3v) is 5.91. The number of fused-ring (bicyclic) bond motifs is 1. The van der Waals surface area contributed by atoms with E-state index < -0.39 is 6.67 Å². The van der Waals surface area contributed by atoms with Gasteiger partial charge in [0.1, 0.15) is 18.2 Å². The standard InChI is InChI=1S/C25H25FN6O/c1-17-15-31(16-27-17)22-11-9-19(28-25(22)33-2)10-12-23-29-24-21(8-5-13-32(24)30-23)20-7-4-3-6-18(20)14-26/h3-4,6-7,9-12,15-16,21H,5,8,13-14H2,1-2H3/b12-10+. The van der Waals surface area contributed by atoms with Crippen LogP contribution in [0.4, 0.5) is 4.39 Å². The predicted octanol–water partition coefficient (Wildman–Crippen LogP) is 4.74. The molecule has 1 aliphatic rings. The van der Waals surface area contributed by atoms with Gasteiger partial charge in [-0.15, -0.1) is 0 Å². The lowest BCUT2D eigenvalue weighted by Gasteiger charge is -2.23. The zero-order chi connectivity index (χ0) is 22.8. The van der Waals surface area contributed by atoms with Gasteiger partial charge >= 0.3 is 0 Å². The van der Waals surface area contributed by atoms with Crippen LogP contribution in [0.3, 0.4) is 0 Å². The Morgan fingerprint density at radius 3 is 2.82 bits per heavy atom. The smallest absolute Gasteiger partial charge is 0.238 e. The first kappa shape index (κ1) is 21.1. The Bertz CT molecular complexity index is 1310. The molecule has 3 aromatic heterocycles. The van der Waals surface area contributed by atoms with Crippen LogP contribution < -0.4 is 4.74 Å². The summed E-state index contributed by atoms with van der Waals surface area (Å²) in [5.74, 6) is 2.06. The number of methoxy groups -OCH3 is 1. The van der Waals surface area contributed by atoms with Gasteiger partial charge in [-0.2, -0.15) is 5.10 Å². The van der Waals surface area contributed by atoms with Crippen LogP contribution in [0.5, 0.6) is 5.88 Å². The third kappa shape index (κ3) is 4.16. The highest BCUT2D eigenvalue weighted by Crippen LogP contribution is 2.34. The van der Waals surface area contributed by atoms with E-state index in [-0.39, 0.29) is 5.92 Å². The van der Waals surface area contributed by atoms with Gasteiger partial charge in [0.05, 0.1) is 24.8 Å². The summed E-state index contributed by atoms with van der Waals surface area (Å²) >= 11 is 0. The first-order chi connectivity index (χ1) is 16.2. The molecule has 4 aromatic rings. The number of aryl methyl sites for hydroxylation is 2. The number of halogens is 1. The fraction of sp³-hybridized carbons (Fsp3) is 0.280. The largest absolute Gasteiger partial charge is 0.479 e. The first-order valence-corrected chi connectivity index (χ1v) is 11.0. The number of hydrogen-bond acceptors (Lipinski definition) is 5. The Morgan fingerprint density at radius 1 is 1.15 bits per heavy atom. The molecular weight excluding hydrogens is 419 g/mol. The van der Waals surface area contributed by atoms with Crippen molar-refractivity contribution in [2.75, 3.05) is 7.11 Å². The number of rotatable bonds is 6. The fourth-order valence-corrected chi connectivity index (χ4v) is 4.33. The maximum Gasteiger partial charge on any atom is 0.238 e. The molecule has 1 atom stereocenters. The summed E-state index contributed by atoms with van der Waals surface area (Å²) in [4.78, 5) is 13.6. The van der Waals surface area contributed by atoms with E-state index in [0.717, 1.165) is 53.4 Å². The minimum absolute atomic E-state index is 0.0523. The Hall–Kier alpha value is -3.81. The number of benzene rings is 1. The number of alkyl halides is 1. The van der Waals surface area contributed by atoms with Crippen LogP contribution in [0.15, 0.2) is 48.9 Å². The minimum Gasteiger partial charge on any atom is -0.479 e. The van der Waals surface area contributed by atoms with Gasteiger partial charge in [0, 0.05) is 18.7 Å². The van der Waals surface area contributed by atoms with Gasteiger partial charge in [0.25, 0.3) is 0 Å². The van der Waals surface area contributed by atoms with Crippen molar-refractivity contribution in [1.29, 1.82) is 0 Å². The number of imidazole rings is 1. The molecule has 4 heterocycles. The van der Waals surface area contributed by atoms with Gasteiger partial charge in [0.15, 0.2) is 5.82 Å². The van der Waals surface area contributed by atoms with E-state index in [1.54, 1.807) is 13.4 Å². The van der Waals surface area contributed by atoms with Crippen LogP contribution in [0.1, 0.15) is 52.9 Å². The van der Waals surface area contributed by atoms with E-state index in [0.29, 0.717) is 11.7 Å². The second-order valence-corrected chi connectivity index (χ2v) is 8.10. The molecular formula is C25H25FN6O. The predicted molar refractivity (Wildman–Crippen MR) is 124 cm³/mol. The molecule has 8 heteroatoms. The van der Waals surface area contributed by atoms with Crippen LogP contribution in [-0.2, 0) is 13.2 Å². The van der Waals surface area contributed by atoms with Gasteiger partial charge in [-0.25, -0.2) is 24.0 Å². The minimum atomic E-state index is -0.476. The van der Waals surface area contributed by atoms with Crippen molar-refractivity contribution in [1.82, 2.24) is 29.3 Å². The summed E-state index contributed by atoms with van der Waals surface area (Å²) in [6, 6.07) is 11.5. The van der Waals surface area contributed by atoms with Crippen LogP contribution in [0.2, 0.25) is 0 Å². The summed E-state index contributed by atoms with van der Waals surface area (Å²) in [6.07, 6.45) is 9.31. The second-order valence-electron chi connectivity index (χ2n) is 8.10. The van der Waals surface area contributed by atoms with Crippen molar-refractivity contribution < 1.29 is 9.13 Å². The second kappa shape index (κ2) is 8.97. The maximum absolute atomic E-state index is 13.6. The molecule has 168 valence electrons. The van der Waals surface area contributed by atoms with Crippen molar-refractivity contribution >= 4 is 12.2 Å². The lowest BCUT2D eigenvalue weighted by Crippen LogP contribution is -2.18. The number of aromatic nitrogens is 6. The van der Waals surface area contributed by atoms with E-state index in [9.17, 15) is 4.39 Å². The van der Waals surface area contributed by atoms with E-state index >= 15 is 0 Å². The summed E-state index contributed by atoms with van der Waals surface area (Å²) in [5, 5.41) is 4.66. The summed E-state index contributed by atoms with van der Waals surface area (Å²) < 4.78 is 22.9. The van der Waals surface area contributed by atoms with E-state index in [1.807, 2.05) is 70.9 Å². The zero-order valence-corrected chi connectivity index (χ0v) is 18.6. The van der Waals surface area contributed by atoms with Gasteiger partial charge in [-0.1, -0.05) is 24.3 Å². The van der Waals surface area contributed by atoms with Crippen molar-refractivity contribution in [3.63, 3.8) is 0 Å². The van der Waals surface area contributed by atoms with Crippen molar-refractivity contribution in [3.05, 3.63) is 83.1 Å². The Labute approximate surface area is 191 Å². The molecule has 0 saturated heterocycles. The van der Waals surface area contributed by atoms with Gasteiger partial charge in [-0.05, 0) is 55.2 Å². The van der Waals surface area contributed by atoms with Crippen LogP contribution >= 0.6 is 0 Å². The summed E-state index contributed by atoms with van der Waals surface area (Å²) in [6.45, 7) is 2.27. The summed E-state index contributed by atoms with van der Waals surface area (Å²) in [5.41, 5.74) is 4.20. The van der Waals surface area contributed by atoms with Gasteiger partial charge in [-0.3, -0.25) is 0 Å². The molecule has 0 radical (unpaired) electrons. The molecule has 7 nitrogen and oxygen atoms in total. The highest BCUT2D eigenvalue weighted by Gasteiger charge is 2.27. The molecule has 1 aliphatic heterocycles. The average molecular weight is 445 g/mol. The monoisotopic (exact) mass is 444 g/mol. The Morgan fingerprint density at radius 2 is 2.03 bits per heavy atom.